The number of hydrogen-bond donors (Lipinski definition) is 1. The topological polar surface area (TPSA) is 42.7 Å². The summed E-state index contributed by atoms with van der Waals surface area (Å²) in [7, 11) is 0. The number of nitrogens with one attached hydrogen (secondary N) is 1. The van der Waals surface area contributed by atoms with Crippen molar-refractivity contribution in [2.45, 2.75) is 13.5 Å². The Labute approximate surface area is 108 Å². The van der Waals surface area contributed by atoms with Crippen LogP contribution in [-0.2, 0) is 6.54 Å². The van der Waals surface area contributed by atoms with Crippen molar-refractivity contribution >= 4 is 22.6 Å². The molecule has 0 unspecified atom stereocenters. The summed E-state index contributed by atoms with van der Waals surface area (Å²) >= 11 is 2.29. The zero-order valence-electron chi connectivity index (χ0n) is 9.02. The first-order valence-corrected chi connectivity index (χ1v) is 6.25. The lowest BCUT2D eigenvalue weighted by Gasteiger charge is -1.99. The number of hydrogen-bond acceptors (Lipinski definition) is 3. The highest BCUT2D eigenvalue weighted by Gasteiger charge is 2.02. The van der Waals surface area contributed by atoms with Crippen molar-refractivity contribution < 1.29 is 0 Å². The summed E-state index contributed by atoms with van der Waals surface area (Å²) in [5.41, 5.74) is 2.00. The number of aromatic nitrogens is 3. The molecule has 1 N–H and O–H groups in total. The molecule has 4 nitrogen and oxygen atoms in total. The van der Waals surface area contributed by atoms with Gasteiger partial charge in [0.25, 0.3) is 0 Å². The Kier molecular flexibility index (Phi) is 3.89. The molecule has 16 heavy (non-hydrogen) atoms. The molecule has 0 aliphatic rings. The number of nitrogens with zero attached hydrogens (tertiary/aromatic N) is 3. The molecule has 0 saturated carbocycles. The summed E-state index contributed by atoms with van der Waals surface area (Å²) in [6.45, 7) is 3.78. The van der Waals surface area contributed by atoms with Gasteiger partial charge in [0.1, 0.15) is 0 Å². The molecular weight excluding hydrogens is 315 g/mol. The lowest BCUT2D eigenvalue weighted by molar-refractivity contribution is 0.705. The molecule has 5 heteroatoms. The highest BCUT2D eigenvalue weighted by molar-refractivity contribution is 14.1. The van der Waals surface area contributed by atoms with E-state index in [0.717, 1.165) is 24.5 Å². The maximum atomic E-state index is 4.11. The summed E-state index contributed by atoms with van der Waals surface area (Å²) in [5.74, 6) is 0. The second-order valence-corrected chi connectivity index (χ2v) is 4.66. The van der Waals surface area contributed by atoms with E-state index in [4.69, 9.17) is 0 Å². The van der Waals surface area contributed by atoms with Gasteiger partial charge >= 0.3 is 0 Å². The molecule has 2 aromatic rings. The molecule has 0 atom stereocenters. The van der Waals surface area contributed by atoms with E-state index < -0.39 is 0 Å². The van der Waals surface area contributed by atoms with E-state index in [9.17, 15) is 0 Å². The fourth-order valence-electron chi connectivity index (χ4n) is 1.38. The van der Waals surface area contributed by atoms with E-state index in [-0.39, 0.29) is 0 Å². The Morgan fingerprint density at radius 1 is 1.44 bits per heavy atom. The lowest BCUT2D eigenvalue weighted by atomic mass is 10.3. The highest BCUT2D eigenvalue weighted by atomic mass is 127. The van der Waals surface area contributed by atoms with Crippen LogP contribution in [0.25, 0.3) is 5.69 Å². The molecule has 0 bridgehead atoms. The van der Waals surface area contributed by atoms with Crippen LogP contribution in [0.3, 0.4) is 0 Å². The van der Waals surface area contributed by atoms with E-state index in [1.165, 1.54) is 3.57 Å². The summed E-state index contributed by atoms with van der Waals surface area (Å²) < 4.78 is 2.99. The first-order valence-electron chi connectivity index (χ1n) is 5.17. The van der Waals surface area contributed by atoms with Gasteiger partial charge in [0.05, 0.1) is 17.6 Å². The van der Waals surface area contributed by atoms with Gasteiger partial charge in [-0.3, -0.25) is 0 Å². The minimum Gasteiger partial charge on any atom is -0.311 e. The fourth-order valence-corrected chi connectivity index (χ4v) is 1.90. The maximum Gasteiger partial charge on any atom is 0.0969 e. The molecule has 1 aromatic carbocycles. The third-order valence-corrected chi connectivity index (χ3v) is 2.84. The maximum absolute atomic E-state index is 4.11. The van der Waals surface area contributed by atoms with Crippen LogP contribution >= 0.6 is 22.6 Å². The zero-order valence-corrected chi connectivity index (χ0v) is 11.2. The molecule has 0 aliphatic carbocycles. The van der Waals surface area contributed by atoms with Crippen molar-refractivity contribution in [1.82, 2.24) is 20.3 Å². The number of rotatable bonds is 4. The smallest absolute Gasteiger partial charge is 0.0969 e. The summed E-state index contributed by atoms with van der Waals surface area (Å²) in [6, 6.07) is 8.17. The third kappa shape index (κ3) is 2.79. The van der Waals surface area contributed by atoms with Crippen molar-refractivity contribution in [1.29, 1.82) is 0 Å². The Hall–Kier alpha value is -0.950. The third-order valence-electron chi connectivity index (χ3n) is 2.17. The van der Waals surface area contributed by atoms with Crippen LogP contribution in [0.4, 0.5) is 0 Å². The molecule has 1 heterocycles. The van der Waals surface area contributed by atoms with Gasteiger partial charge in [-0.05, 0) is 47.3 Å². The first kappa shape index (κ1) is 11.5. The Balaban J connectivity index is 2.18. The van der Waals surface area contributed by atoms with E-state index in [2.05, 4.69) is 57.3 Å². The van der Waals surface area contributed by atoms with Gasteiger partial charge in [-0.2, -0.15) is 0 Å². The van der Waals surface area contributed by atoms with Gasteiger partial charge < -0.3 is 5.32 Å². The largest absolute Gasteiger partial charge is 0.311 e. The summed E-state index contributed by atoms with van der Waals surface area (Å²) in [6.07, 6.45) is 1.95. The SMILES string of the molecule is CCNCc1cn(-c2cccc(I)c2)nn1. The summed E-state index contributed by atoms with van der Waals surface area (Å²) in [4.78, 5) is 0. The molecule has 2 rings (SSSR count). The van der Waals surface area contributed by atoms with Crippen LogP contribution < -0.4 is 5.32 Å². The van der Waals surface area contributed by atoms with Gasteiger partial charge in [-0.25, -0.2) is 4.68 Å². The van der Waals surface area contributed by atoms with E-state index in [1.54, 1.807) is 4.68 Å². The molecule has 0 radical (unpaired) electrons. The Bertz CT molecular complexity index is 467. The normalized spacial score (nSPS) is 10.6. The minimum atomic E-state index is 0.764. The van der Waals surface area contributed by atoms with E-state index in [1.807, 2.05) is 18.3 Å². The van der Waals surface area contributed by atoms with Crippen molar-refractivity contribution in [3.05, 3.63) is 39.7 Å². The van der Waals surface area contributed by atoms with Crippen molar-refractivity contribution in [2.75, 3.05) is 6.54 Å². The Morgan fingerprint density at radius 2 is 2.31 bits per heavy atom. The van der Waals surface area contributed by atoms with Crippen molar-refractivity contribution in [2.24, 2.45) is 0 Å². The average Bonchev–Trinajstić information content (AvgIpc) is 2.75. The predicted molar refractivity (Wildman–Crippen MR) is 71.5 cm³/mol. The fraction of sp³-hybridized carbons (Fsp3) is 0.273. The molecule has 1 aromatic heterocycles. The monoisotopic (exact) mass is 328 g/mol. The van der Waals surface area contributed by atoms with Crippen LogP contribution in [0, 0.1) is 3.57 Å². The standard InChI is InChI=1S/C11H13IN4/c1-2-13-7-10-8-16(15-14-10)11-5-3-4-9(12)6-11/h3-6,8,13H,2,7H2,1H3. The minimum absolute atomic E-state index is 0.764. The molecule has 0 spiro atoms. The van der Waals surface area contributed by atoms with Gasteiger partial charge in [0.2, 0.25) is 0 Å². The highest BCUT2D eigenvalue weighted by Crippen LogP contribution is 2.11. The van der Waals surface area contributed by atoms with Gasteiger partial charge in [-0.1, -0.05) is 18.2 Å². The Morgan fingerprint density at radius 3 is 3.06 bits per heavy atom. The predicted octanol–water partition coefficient (Wildman–Crippen LogP) is 1.98. The average molecular weight is 328 g/mol. The van der Waals surface area contributed by atoms with Gasteiger partial charge in [0, 0.05) is 10.1 Å². The van der Waals surface area contributed by atoms with Crippen LogP contribution in [0.2, 0.25) is 0 Å². The van der Waals surface area contributed by atoms with Crippen LogP contribution in [0.15, 0.2) is 30.5 Å². The van der Waals surface area contributed by atoms with Crippen molar-refractivity contribution in [3.8, 4) is 5.69 Å². The second-order valence-electron chi connectivity index (χ2n) is 3.41. The zero-order chi connectivity index (χ0) is 11.4. The quantitative estimate of drug-likeness (QED) is 0.873. The second kappa shape index (κ2) is 5.40. The van der Waals surface area contributed by atoms with Crippen molar-refractivity contribution in [3.63, 3.8) is 0 Å². The molecular formula is C11H13IN4. The van der Waals surface area contributed by atoms with Crippen LogP contribution in [0.5, 0.6) is 0 Å². The van der Waals surface area contributed by atoms with Gasteiger partial charge in [-0.15, -0.1) is 5.10 Å². The van der Waals surface area contributed by atoms with Gasteiger partial charge in [0.15, 0.2) is 0 Å². The molecule has 0 aliphatic heterocycles. The van der Waals surface area contributed by atoms with E-state index in [0.29, 0.717) is 0 Å². The van der Waals surface area contributed by atoms with Crippen LogP contribution in [-0.4, -0.2) is 21.5 Å². The number of halogens is 1. The first-order chi connectivity index (χ1) is 7.79. The molecule has 0 amide bonds. The van der Waals surface area contributed by atoms with Crippen LogP contribution in [0.1, 0.15) is 12.6 Å². The lowest BCUT2D eigenvalue weighted by Crippen LogP contribution is -2.11. The van der Waals surface area contributed by atoms with E-state index >= 15 is 0 Å². The molecule has 0 fully saturated rings. The summed E-state index contributed by atoms with van der Waals surface area (Å²) in [5, 5.41) is 11.4. The molecule has 84 valence electrons. The molecule has 0 saturated heterocycles. The number of benzene rings is 1.